The zero-order chi connectivity index (χ0) is 18.7. The Kier molecular flexibility index (Phi) is 5.99. The highest BCUT2D eigenvalue weighted by molar-refractivity contribution is 5.38. The number of ether oxygens (including phenoxy) is 1. The summed E-state index contributed by atoms with van der Waals surface area (Å²) in [6.07, 6.45) is -1.56. The maximum Gasteiger partial charge on any atom is 0.433 e. The first-order chi connectivity index (χ1) is 11.7. The maximum absolute atomic E-state index is 14.1. The Hall–Kier alpha value is -1.74. The fraction of sp³-hybridized carbons (Fsp3) is 0.632. The lowest BCUT2D eigenvalue weighted by molar-refractivity contribution is -0.260. The third-order valence-electron chi connectivity index (χ3n) is 4.35. The van der Waals surface area contributed by atoms with E-state index in [0.29, 0.717) is 30.5 Å². The van der Waals surface area contributed by atoms with Gasteiger partial charge in [0.25, 0.3) is 11.2 Å². The molecule has 0 bridgehead atoms. The van der Waals surface area contributed by atoms with Crippen molar-refractivity contribution in [1.29, 1.82) is 0 Å². The predicted molar refractivity (Wildman–Crippen MR) is 90.3 cm³/mol. The summed E-state index contributed by atoms with van der Waals surface area (Å²) in [5.41, 5.74) is -2.93. The third kappa shape index (κ3) is 4.27. The Morgan fingerprint density at radius 2 is 2.00 bits per heavy atom. The number of nitrogens with one attached hydrogen (secondary N) is 1. The summed E-state index contributed by atoms with van der Waals surface area (Å²) >= 11 is 0. The van der Waals surface area contributed by atoms with E-state index in [1.54, 1.807) is 6.92 Å². The monoisotopic (exact) mass is 355 g/mol. The fourth-order valence-corrected chi connectivity index (χ4v) is 2.58. The molecule has 1 aromatic heterocycles. The van der Waals surface area contributed by atoms with Crippen LogP contribution in [0.25, 0.3) is 0 Å². The number of rotatable bonds is 6. The second-order valence-corrected chi connectivity index (χ2v) is 6.44. The SMILES string of the molecule is CCCCO[C@@](C#CC1CC1)(c1cc(CC)c(C)[nH]c1=O)C(F)(F)F. The van der Waals surface area contributed by atoms with Crippen molar-refractivity contribution in [3.05, 3.63) is 33.2 Å². The first-order valence-electron chi connectivity index (χ1n) is 8.71. The summed E-state index contributed by atoms with van der Waals surface area (Å²) in [5, 5.41) is 0. The lowest BCUT2D eigenvalue weighted by Gasteiger charge is -2.31. The summed E-state index contributed by atoms with van der Waals surface area (Å²) in [4.78, 5) is 14.9. The number of aromatic nitrogens is 1. The van der Waals surface area contributed by atoms with Gasteiger partial charge in [-0.2, -0.15) is 13.2 Å². The van der Waals surface area contributed by atoms with Crippen LogP contribution in [-0.2, 0) is 16.8 Å². The number of unbranched alkanes of at least 4 members (excludes halogenated alkanes) is 1. The molecule has 0 aliphatic heterocycles. The van der Waals surface area contributed by atoms with E-state index in [0.717, 1.165) is 12.8 Å². The van der Waals surface area contributed by atoms with Crippen LogP contribution in [0.4, 0.5) is 13.2 Å². The predicted octanol–water partition coefficient (Wildman–Crippen LogP) is 4.23. The molecule has 1 saturated carbocycles. The van der Waals surface area contributed by atoms with Gasteiger partial charge in [0.2, 0.25) is 0 Å². The molecule has 1 heterocycles. The minimum atomic E-state index is -4.81. The zero-order valence-electron chi connectivity index (χ0n) is 14.8. The van der Waals surface area contributed by atoms with Gasteiger partial charge < -0.3 is 9.72 Å². The second-order valence-electron chi connectivity index (χ2n) is 6.44. The highest BCUT2D eigenvalue weighted by Gasteiger charge is 2.58. The standard InChI is InChI=1S/C19H24F3NO2/c1-4-6-11-25-18(19(20,21)22,10-9-14-7-8-14)16-12-15(5-2)13(3)23-17(16)24/h12,14H,4-8,11H2,1-3H3,(H,23,24)/t18-/m0/s1. The molecule has 1 fully saturated rings. The van der Waals surface area contributed by atoms with Crippen molar-refractivity contribution in [3.8, 4) is 11.8 Å². The molecule has 6 heteroatoms. The smallest absolute Gasteiger partial charge is 0.350 e. The van der Waals surface area contributed by atoms with E-state index >= 15 is 0 Å². The van der Waals surface area contributed by atoms with Crippen molar-refractivity contribution in [2.24, 2.45) is 5.92 Å². The number of halogens is 3. The number of hydrogen-bond acceptors (Lipinski definition) is 2. The van der Waals surface area contributed by atoms with Crippen LogP contribution in [-0.4, -0.2) is 17.8 Å². The number of H-pyrrole nitrogens is 1. The second kappa shape index (κ2) is 7.65. The number of hydrogen-bond donors (Lipinski definition) is 1. The van der Waals surface area contributed by atoms with Gasteiger partial charge in [0.15, 0.2) is 0 Å². The Bertz CT molecular complexity index is 723. The zero-order valence-corrected chi connectivity index (χ0v) is 14.8. The molecule has 138 valence electrons. The van der Waals surface area contributed by atoms with E-state index in [1.807, 2.05) is 13.8 Å². The van der Waals surface area contributed by atoms with Crippen LogP contribution >= 0.6 is 0 Å². The molecule has 0 saturated heterocycles. The Labute approximate surface area is 146 Å². The summed E-state index contributed by atoms with van der Waals surface area (Å²) in [7, 11) is 0. The van der Waals surface area contributed by atoms with Gasteiger partial charge in [0.1, 0.15) is 0 Å². The van der Waals surface area contributed by atoms with Crippen LogP contribution in [0.5, 0.6) is 0 Å². The topological polar surface area (TPSA) is 42.1 Å². The number of alkyl halides is 3. The molecule has 0 amide bonds. The summed E-state index contributed by atoms with van der Waals surface area (Å²) in [5.74, 6) is 4.93. The van der Waals surface area contributed by atoms with Gasteiger partial charge in [-0.15, -0.1) is 0 Å². The van der Waals surface area contributed by atoms with E-state index in [-0.39, 0.29) is 12.5 Å². The average molecular weight is 355 g/mol. The van der Waals surface area contributed by atoms with Gasteiger partial charge in [-0.05, 0) is 44.2 Å². The average Bonchev–Trinajstić information content (AvgIpc) is 3.34. The maximum atomic E-state index is 14.1. The Balaban J connectivity index is 2.64. The van der Waals surface area contributed by atoms with Gasteiger partial charge in [-0.25, -0.2) is 0 Å². The van der Waals surface area contributed by atoms with Crippen molar-refractivity contribution in [2.45, 2.75) is 64.7 Å². The molecule has 0 spiro atoms. The molecular formula is C19H24F3NO2. The van der Waals surface area contributed by atoms with Crippen molar-refractivity contribution in [3.63, 3.8) is 0 Å². The molecule has 1 aliphatic carbocycles. The van der Waals surface area contributed by atoms with Gasteiger partial charge in [-0.1, -0.05) is 32.1 Å². The van der Waals surface area contributed by atoms with Gasteiger partial charge in [-0.3, -0.25) is 4.79 Å². The fourth-order valence-electron chi connectivity index (χ4n) is 2.58. The lowest BCUT2D eigenvalue weighted by atomic mass is 9.91. The van der Waals surface area contributed by atoms with Crippen molar-refractivity contribution < 1.29 is 17.9 Å². The van der Waals surface area contributed by atoms with Gasteiger partial charge in [0.05, 0.1) is 5.56 Å². The van der Waals surface area contributed by atoms with E-state index in [2.05, 4.69) is 16.8 Å². The molecule has 0 unspecified atom stereocenters. The summed E-state index contributed by atoms with van der Waals surface area (Å²) < 4.78 is 47.6. The molecule has 1 aromatic rings. The first-order valence-corrected chi connectivity index (χ1v) is 8.71. The molecule has 1 atom stereocenters. The lowest BCUT2D eigenvalue weighted by Crippen LogP contribution is -2.47. The molecule has 1 N–H and O–H groups in total. The van der Waals surface area contributed by atoms with Crippen LogP contribution in [0, 0.1) is 24.7 Å². The van der Waals surface area contributed by atoms with Crippen molar-refractivity contribution in [1.82, 2.24) is 4.98 Å². The Morgan fingerprint density at radius 3 is 2.52 bits per heavy atom. The first kappa shape index (κ1) is 19.6. The van der Waals surface area contributed by atoms with E-state index in [4.69, 9.17) is 4.74 Å². The van der Waals surface area contributed by atoms with Crippen LogP contribution in [0.2, 0.25) is 0 Å². The molecule has 0 aromatic carbocycles. The molecule has 1 aliphatic rings. The van der Waals surface area contributed by atoms with Gasteiger partial charge in [0, 0.05) is 18.2 Å². The van der Waals surface area contributed by atoms with Crippen molar-refractivity contribution in [2.75, 3.05) is 6.61 Å². The van der Waals surface area contributed by atoms with Crippen LogP contribution < -0.4 is 5.56 Å². The molecule has 3 nitrogen and oxygen atoms in total. The minimum Gasteiger partial charge on any atom is -0.350 e. The van der Waals surface area contributed by atoms with Gasteiger partial charge >= 0.3 is 6.18 Å². The number of aromatic amines is 1. The Morgan fingerprint density at radius 1 is 1.32 bits per heavy atom. The van der Waals surface area contributed by atoms with Crippen LogP contribution in [0.1, 0.15) is 56.4 Å². The minimum absolute atomic E-state index is 0.0355. The van der Waals surface area contributed by atoms with Crippen LogP contribution in [0.15, 0.2) is 10.9 Å². The molecular weight excluding hydrogens is 331 g/mol. The largest absolute Gasteiger partial charge is 0.433 e. The molecule has 25 heavy (non-hydrogen) atoms. The van der Waals surface area contributed by atoms with Crippen LogP contribution in [0.3, 0.4) is 0 Å². The van der Waals surface area contributed by atoms with E-state index in [1.165, 1.54) is 6.07 Å². The van der Waals surface area contributed by atoms with E-state index < -0.39 is 22.9 Å². The number of pyridine rings is 1. The van der Waals surface area contributed by atoms with Crippen molar-refractivity contribution >= 4 is 0 Å². The highest BCUT2D eigenvalue weighted by Crippen LogP contribution is 2.42. The third-order valence-corrected chi connectivity index (χ3v) is 4.35. The summed E-state index contributed by atoms with van der Waals surface area (Å²) in [6, 6.07) is 1.30. The van der Waals surface area contributed by atoms with E-state index in [9.17, 15) is 18.0 Å². The quantitative estimate of drug-likeness (QED) is 0.613. The highest BCUT2D eigenvalue weighted by atomic mass is 19.4. The molecule has 0 radical (unpaired) electrons. The molecule has 2 rings (SSSR count). The normalized spacial score (nSPS) is 16.9. The summed E-state index contributed by atoms with van der Waals surface area (Å²) in [6.45, 7) is 5.26. The number of aryl methyl sites for hydroxylation is 2.